The van der Waals surface area contributed by atoms with Gasteiger partial charge in [-0.2, -0.15) is 0 Å². The normalized spacial score (nSPS) is 19.3. The van der Waals surface area contributed by atoms with Gasteiger partial charge in [0.05, 0.1) is 11.8 Å². The fourth-order valence-electron chi connectivity index (χ4n) is 2.82. The van der Waals surface area contributed by atoms with E-state index in [1.807, 2.05) is 12.1 Å². The van der Waals surface area contributed by atoms with E-state index >= 15 is 0 Å². The molecule has 3 rings (SSSR count). The first-order valence-electron chi connectivity index (χ1n) is 7.00. The molecule has 0 radical (unpaired) electrons. The van der Waals surface area contributed by atoms with E-state index in [0.29, 0.717) is 0 Å². The molecule has 0 bridgehead atoms. The van der Waals surface area contributed by atoms with Crippen molar-refractivity contribution in [2.75, 3.05) is 0 Å². The third-order valence-electron chi connectivity index (χ3n) is 3.97. The van der Waals surface area contributed by atoms with Gasteiger partial charge in [0, 0.05) is 4.88 Å². The molecule has 102 valence electrons. The van der Waals surface area contributed by atoms with Gasteiger partial charge in [-0.1, -0.05) is 25.7 Å². The Labute approximate surface area is 117 Å². The van der Waals surface area contributed by atoms with Gasteiger partial charge < -0.3 is 10.2 Å². The van der Waals surface area contributed by atoms with Crippen LogP contribution in [0.2, 0.25) is 0 Å². The Balaban J connectivity index is 1.95. The lowest BCUT2D eigenvalue weighted by Gasteiger charge is -2.25. The second-order valence-corrected chi connectivity index (χ2v) is 6.67. The number of aryl methyl sites for hydroxylation is 1. The SMILES string of the molecule is Cc1sc(C2(N)CCCCCC2)nc1-c1ccco1. The lowest BCUT2D eigenvalue weighted by atomic mass is 9.92. The number of thiazole rings is 1. The maximum atomic E-state index is 6.63. The molecule has 1 aliphatic rings. The molecule has 0 aliphatic heterocycles. The highest BCUT2D eigenvalue weighted by Gasteiger charge is 2.32. The minimum absolute atomic E-state index is 0.225. The Morgan fingerprint density at radius 3 is 2.63 bits per heavy atom. The van der Waals surface area contributed by atoms with Gasteiger partial charge >= 0.3 is 0 Å². The Morgan fingerprint density at radius 2 is 2.00 bits per heavy atom. The smallest absolute Gasteiger partial charge is 0.153 e. The van der Waals surface area contributed by atoms with E-state index in [9.17, 15) is 0 Å². The summed E-state index contributed by atoms with van der Waals surface area (Å²) in [6, 6.07) is 3.86. The average molecular weight is 276 g/mol. The molecule has 2 heterocycles. The Bertz CT molecular complexity index is 537. The topological polar surface area (TPSA) is 52.0 Å². The van der Waals surface area contributed by atoms with Crippen molar-refractivity contribution in [3.63, 3.8) is 0 Å². The van der Waals surface area contributed by atoms with E-state index in [2.05, 4.69) is 6.92 Å². The molecule has 0 atom stereocenters. The van der Waals surface area contributed by atoms with Gasteiger partial charge in [0.15, 0.2) is 5.76 Å². The monoisotopic (exact) mass is 276 g/mol. The van der Waals surface area contributed by atoms with E-state index in [1.54, 1.807) is 17.6 Å². The Hall–Kier alpha value is -1.13. The highest BCUT2D eigenvalue weighted by Crippen LogP contribution is 2.38. The summed E-state index contributed by atoms with van der Waals surface area (Å²) in [4.78, 5) is 5.98. The van der Waals surface area contributed by atoms with Crippen LogP contribution in [-0.4, -0.2) is 4.98 Å². The van der Waals surface area contributed by atoms with Crippen molar-refractivity contribution in [2.45, 2.75) is 51.0 Å². The predicted molar refractivity (Wildman–Crippen MR) is 78.1 cm³/mol. The Morgan fingerprint density at radius 1 is 1.26 bits per heavy atom. The van der Waals surface area contributed by atoms with Crippen LogP contribution in [0.4, 0.5) is 0 Å². The molecule has 2 N–H and O–H groups in total. The van der Waals surface area contributed by atoms with Crippen molar-refractivity contribution < 1.29 is 4.42 Å². The van der Waals surface area contributed by atoms with Crippen molar-refractivity contribution >= 4 is 11.3 Å². The van der Waals surface area contributed by atoms with Crippen molar-refractivity contribution in [3.8, 4) is 11.5 Å². The zero-order valence-corrected chi connectivity index (χ0v) is 12.1. The fourth-order valence-corrected chi connectivity index (χ4v) is 3.90. The first-order chi connectivity index (χ1) is 9.19. The summed E-state index contributed by atoms with van der Waals surface area (Å²) in [5.41, 5.74) is 7.37. The Kier molecular flexibility index (Phi) is 3.46. The highest BCUT2D eigenvalue weighted by atomic mass is 32.1. The van der Waals surface area contributed by atoms with Crippen molar-refractivity contribution in [2.24, 2.45) is 5.73 Å². The maximum absolute atomic E-state index is 6.63. The molecular weight excluding hydrogens is 256 g/mol. The molecule has 1 saturated carbocycles. The quantitative estimate of drug-likeness (QED) is 0.835. The van der Waals surface area contributed by atoms with Crippen LogP contribution >= 0.6 is 11.3 Å². The maximum Gasteiger partial charge on any atom is 0.153 e. The van der Waals surface area contributed by atoms with Crippen molar-refractivity contribution in [3.05, 3.63) is 28.3 Å². The van der Waals surface area contributed by atoms with Crippen LogP contribution in [0.25, 0.3) is 11.5 Å². The molecule has 2 aromatic heterocycles. The summed E-state index contributed by atoms with van der Waals surface area (Å²) in [5.74, 6) is 0.845. The third kappa shape index (κ3) is 2.47. The van der Waals surface area contributed by atoms with Crippen LogP contribution in [-0.2, 0) is 5.54 Å². The number of rotatable bonds is 2. The second-order valence-electron chi connectivity index (χ2n) is 5.47. The molecule has 0 unspecified atom stereocenters. The first-order valence-corrected chi connectivity index (χ1v) is 7.81. The molecular formula is C15H20N2OS. The summed E-state index contributed by atoms with van der Waals surface area (Å²) in [6.07, 6.45) is 8.83. The minimum Gasteiger partial charge on any atom is -0.463 e. The first kappa shape index (κ1) is 12.9. The second kappa shape index (κ2) is 5.10. The van der Waals surface area contributed by atoms with Crippen LogP contribution < -0.4 is 5.73 Å². The van der Waals surface area contributed by atoms with Crippen LogP contribution in [0, 0.1) is 6.92 Å². The van der Waals surface area contributed by atoms with Crippen LogP contribution in [0.1, 0.15) is 48.4 Å². The zero-order valence-electron chi connectivity index (χ0n) is 11.3. The summed E-state index contributed by atoms with van der Waals surface area (Å²) < 4.78 is 5.46. The van der Waals surface area contributed by atoms with Crippen molar-refractivity contribution in [1.82, 2.24) is 4.98 Å². The number of hydrogen-bond acceptors (Lipinski definition) is 4. The van der Waals surface area contributed by atoms with E-state index in [4.69, 9.17) is 15.1 Å². The van der Waals surface area contributed by atoms with Gasteiger partial charge in [0.2, 0.25) is 0 Å². The van der Waals surface area contributed by atoms with Crippen LogP contribution in [0.5, 0.6) is 0 Å². The standard InChI is InChI=1S/C15H20N2OS/c1-11-13(12-7-6-10-18-12)17-14(19-11)15(16)8-4-2-3-5-9-15/h6-7,10H,2-5,8-9,16H2,1H3. The number of aromatic nitrogens is 1. The lowest BCUT2D eigenvalue weighted by molar-refractivity contribution is 0.384. The minimum atomic E-state index is -0.225. The molecule has 0 aromatic carbocycles. The molecule has 19 heavy (non-hydrogen) atoms. The number of nitrogens with zero attached hydrogens (tertiary/aromatic N) is 1. The fraction of sp³-hybridized carbons (Fsp3) is 0.533. The molecule has 0 spiro atoms. The van der Waals surface area contributed by atoms with Gasteiger partial charge in [-0.15, -0.1) is 11.3 Å². The number of hydrogen-bond donors (Lipinski definition) is 1. The van der Waals surface area contributed by atoms with E-state index < -0.39 is 0 Å². The zero-order chi connectivity index (χ0) is 13.3. The van der Waals surface area contributed by atoms with E-state index in [-0.39, 0.29) is 5.54 Å². The number of nitrogens with two attached hydrogens (primary N) is 1. The molecule has 1 aliphatic carbocycles. The van der Waals surface area contributed by atoms with Gasteiger partial charge in [0.25, 0.3) is 0 Å². The van der Waals surface area contributed by atoms with Gasteiger partial charge in [0.1, 0.15) is 10.7 Å². The molecule has 1 fully saturated rings. The predicted octanol–water partition coefficient (Wildman–Crippen LogP) is 4.22. The van der Waals surface area contributed by atoms with Gasteiger partial charge in [-0.25, -0.2) is 4.98 Å². The largest absolute Gasteiger partial charge is 0.463 e. The molecule has 3 nitrogen and oxygen atoms in total. The molecule has 0 saturated heterocycles. The molecule has 4 heteroatoms. The number of furan rings is 1. The third-order valence-corrected chi connectivity index (χ3v) is 5.16. The summed E-state index contributed by atoms with van der Waals surface area (Å²) in [6.45, 7) is 2.10. The van der Waals surface area contributed by atoms with Gasteiger partial charge in [-0.05, 0) is 31.9 Å². The van der Waals surface area contributed by atoms with E-state index in [0.717, 1.165) is 29.3 Å². The van der Waals surface area contributed by atoms with Gasteiger partial charge in [-0.3, -0.25) is 0 Å². The van der Waals surface area contributed by atoms with E-state index in [1.165, 1.54) is 30.6 Å². The summed E-state index contributed by atoms with van der Waals surface area (Å²) >= 11 is 1.73. The van der Waals surface area contributed by atoms with Crippen LogP contribution in [0.3, 0.4) is 0 Å². The summed E-state index contributed by atoms with van der Waals surface area (Å²) in [7, 11) is 0. The summed E-state index contributed by atoms with van der Waals surface area (Å²) in [5, 5.41) is 1.08. The molecule has 0 amide bonds. The average Bonchev–Trinajstić information content (AvgIpc) is 2.98. The lowest BCUT2D eigenvalue weighted by Crippen LogP contribution is -2.35. The van der Waals surface area contributed by atoms with Crippen molar-refractivity contribution in [1.29, 1.82) is 0 Å². The highest BCUT2D eigenvalue weighted by molar-refractivity contribution is 7.12. The molecule has 2 aromatic rings. The van der Waals surface area contributed by atoms with Crippen LogP contribution in [0.15, 0.2) is 22.8 Å².